The average molecular weight is 412 g/mol. The largest absolute Gasteiger partial charge is 0.373 e. The molecule has 1 N–H and O–H groups in total. The standard InChI is InChI=1S/C21H25FN6O2/c1-13(2)20-26-25-18(27(20)3)11-23-21(29)15-8-9-30-19(15)14-10-24-28(12-14)17-7-5-4-6-16(17)22/h4-7,10,12-13,15,19H,8-9,11H2,1-3H3,(H,23,29)/t15-,19+/m0/s1. The molecule has 0 spiro atoms. The normalized spacial score (nSPS) is 18.8. The lowest BCUT2D eigenvalue weighted by Crippen LogP contribution is -2.32. The molecule has 0 bridgehead atoms. The van der Waals surface area contributed by atoms with E-state index >= 15 is 0 Å². The Morgan fingerprint density at radius 2 is 2.13 bits per heavy atom. The van der Waals surface area contributed by atoms with E-state index in [-0.39, 0.29) is 23.6 Å². The van der Waals surface area contributed by atoms with Crippen LogP contribution >= 0.6 is 0 Å². The Bertz CT molecular complexity index is 1040. The maximum atomic E-state index is 14.0. The third-order valence-corrected chi connectivity index (χ3v) is 5.39. The monoisotopic (exact) mass is 412 g/mol. The molecule has 3 heterocycles. The number of hydrogen-bond donors (Lipinski definition) is 1. The number of rotatable bonds is 6. The van der Waals surface area contributed by atoms with Gasteiger partial charge in [0, 0.05) is 31.3 Å². The molecule has 1 saturated heterocycles. The summed E-state index contributed by atoms with van der Waals surface area (Å²) in [5, 5.41) is 15.6. The topological polar surface area (TPSA) is 86.9 Å². The van der Waals surface area contributed by atoms with Gasteiger partial charge < -0.3 is 14.6 Å². The SMILES string of the molecule is CC(C)c1nnc(CNC(=O)[C@H]2CCO[C@@H]2c2cnn(-c3ccccc3F)c2)n1C. The minimum atomic E-state index is -0.420. The lowest BCUT2D eigenvalue weighted by atomic mass is 9.96. The molecule has 1 aliphatic rings. The third-order valence-electron chi connectivity index (χ3n) is 5.39. The van der Waals surface area contributed by atoms with Crippen LogP contribution in [0.1, 0.15) is 49.5 Å². The van der Waals surface area contributed by atoms with Crippen LogP contribution in [0.2, 0.25) is 0 Å². The van der Waals surface area contributed by atoms with Crippen molar-refractivity contribution in [2.45, 2.75) is 38.8 Å². The number of ether oxygens (including phenoxy) is 1. The second-order valence-corrected chi connectivity index (χ2v) is 7.76. The van der Waals surface area contributed by atoms with E-state index in [1.54, 1.807) is 30.6 Å². The van der Waals surface area contributed by atoms with Crippen molar-refractivity contribution in [2.24, 2.45) is 13.0 Å². The van der Waals surface area contributed by atoms with Gasteiger partial charge in [0.1, 0.15) is 17.3 Å². The molecule has 158 valence electrons. The van der Waals surface area contributed by atoms with E-state index in [1.807, 2.05) is 25.5 Å². The van der Waals surface area contributed by atoms with E-state index in [9.17, 15) is 9.18 Å². The smallest absolute Gasteiger partial charge is 0.226 e. The number of nitrogens with one attached hydrogen (secondary N) is 1. The van der Waals surface area contributed by atoms with Gasteiger partial charge >= 0.3 is 0 Å². The Morgan fingerprint density at radius 3 is 2.87 bits per heavy atom. The fraction of sp³-hybridized carbons (Fsp3) is 0.429. The zero-order valence-corrected chi connectivity index (χ0v) is 17.2. The van der Waals surface area contributed by atoms with Crippen LogP contribution in [-0.4, -0.2) is 37.1 Å². The number of para-hydroxylation sites is 1. The van der Waals surface area contributed by atoms with Gasteiger partial charge in [-0.3, -0.25) is 4.79 Å². The minimum Gasteiger partial charge on any atom is -0.373 e. The molecule has 0 radical (unpaired) electrons. The number of nitrogens with zero attached hydrogens (tertiary/aromatic N) is 5. The van der Waals surface area contributed by atoms with Crippen LogP contribution in [0.4, 0.5) is 4.39 Å². The van der Waals surface area contributed by atoms with E-state index in [1.165, 1.54) is 10.7 Å². The van der Waals surface area contributed by atoms with Crippen molar-refractivity contribution in [3.05, 3.63) is 59.7 Å². The first-order valence-electron chi connectivity index (χ1n) is 10.0. The third kappa shape index (κ3) is 3.85. The molecule has 1 aromatic carbocycles. The first kappa shape index (κ1) is 20.2. The van der Waals surface area contributed by atoms with Crippen molar-refractivity contribution in [1.29, 1.82) is 0 Å². The number of carbonyl (C=O) groups excluding carboxylic acids is 1. The second kappa shape index (κ2) is 8.35. The van der Waals surface area contributed by atoms with Crippen LogP contribution in [-0.2, 0) is 23.1 Å². The van der Waals surface area contributed by atoms with Crippen LogP contribution in [0.5, 0.6) is 0 Å². The van der Waals surface area contributed by atoms with Gasteiger partial charge in [-0.15, -0.1) is 10.2 Å². The summed E-state index contributed by atoms with van der Waals surface area (Å²) in [5.74, 6) is 1.02. The highest BCUT2D eigenvalue weighted by molar-refractivity contribution is 5.79. The van der Waals surface area contributed by atoms with E-state index in [2.05, 4.69) is 20.6 Å². The molecule has 1 amide bonds. The molecule has 2 atom stereocenters. The molecular formula is C21H25FN6O2. The van der Waals surface area contributed by atoms with Gasteiger partial charge in [-0.1, -0.05) is 26.0 Å². The highest BCUT2D eigenvalue weighted by Gasteiger charge is 2.36. The van der Waals surface area contributed by atoms with E-state index in [4.69, 9.17) is 4.74 Å². The van der Waals surface area contributed by atoms with Crippen molar-refractivity contribution in [2.75, 3.05) is 6.61 Å². The Hall–Kier alpha value is -3.07. The van der Waals surface area contributed by atoms with Crippen molar-refractivity contribution < 1.29 is 13.9 Å². The summed E-state index contributed by atoms with van der Waals surface area (Å²) in [4.78, 5) is 12.8. The predicted molar refractivity (Wildman–Crippen MR) is 107 cm³/mol. The number of benzene rings is 1. The van der Waals surface area contributed by atoms with E-state index in [0.717, 1.165) is 11.4 Å². The van der Waals surface area contributed by atoms with Gasteiger partial charge in [0.2, 0.25) is 5.91 Å². The molecule has 2 aromatic heterocycles. The maximum Gasteiger partial charge on any atom is 0.226 e. The van der Waals surface area contributed by atoms with Crippen LogP contribution < -0.4 is 5.32 Å². The molecule has 0 saturated carbocycles. The van der Waals surface area contributed by atoms with E-state index in [0.29, 0.717) is 31.1 Å². The van der Waals surface area contributed by atoms with Crippen molar-refractivity contribution in [1.82, 2.24) is 29.9 Å². The quantitative estimate of drug-likeness (QED) is 0.673. The summed E-state index contributed by atoms with van der Waals surface area (Å²) in [6, 6.07) is 6.42. The maximum absolute atomic E-state index is 14.0. The van der Waals surface area contributed by atoms with Gasteiger partial charge in [0.15, 0.2) is 5.82 Å². The molecule has 1 fully saturated rings. The summed E-state index contributed by atoms with van der Waals surface area (Å²) < 4.78 is 23.2. The zero-order valence-electron chi connectivity index (χ0n) is 17.2. The van der Waals surface area contributed by atoms with E-state index < -0.39 is 6.10 Å². The predicted octanol–water partition coefficient (Wildman–Crippen LogP) is 2.66. The molecule has 8 nitrogen and oxygen atoms in total. The number of halogens is 1. The van der Waals surface area contributed by atoms with Gasteiger partial charge in [0.05, 0.1) is 24.8 Å². The number of amides is 1. The number of carbonyl (C=O) groups is 1. The van der Waals surface area contributed by atoms with Crippen LogP contribution in [0, 0.1) is 11.7 Å². The lowest BCUT2D eigenvalue weighted by molar-refractivity contribution is -0.127. The van der Waals surface area contributed by atoms with Crippen LogP contribution in [0.15, 0.2) is 36.7 Å². The Balaban J connectivity index is 1.45. The Kier molecular flexibility index (Phi) is 5.63. The summed E-state index contributed by atoms with van der Waals surface area (Å²) in [6.45, 7) is 4.88. The first-order chi connectivity index (χ1) is 14.5. The van der Waals surface area contributed by atoms with Crippen LogP contribution in [0.25, 0.3) is 5.69 Å². The van der Waals surface area contributed by atoms with Crippen molar-refractivity contribution in [3.8, 4) is 5.69 Å². The summed E-state index contributed by atoms with van der Waals surface area (Å²) >= 11 is 0. The highest BCUT2D eigenvalue weighted by Crippen LogP contribution is 2.35. The molecule has 0 unspecified atom stereocenters. The van der Waals surface area contributed by atoms with Gasteiger partial charge in [-0.2, -0.15) is 5.10 Å². The van der Waals surface area contributed by atoms with Gasteiger partial charge in [-0.25, -0.2) is 9.07 Å². The first-order valence-corrected chi connectivity index (χ1v) is 10.0. The fourth-order valence-electron chi connectivity index (χ4n) is 3.77. The average Bonchev–Trinajstić information content (AvgIpc) is 3.46. The highest BCUT2D eigenvalue weighted by atomic mass is 19.1. The summed E-state index contributed by atoms with van der Waals surface area (Å²) in [5.41, 5.74) is 1.10. The van der Waals surface area contributed by atoms with Gasteiger partial charge in [-0.05, 0) is 18.6 Å². The van der Waals surface area contributed by atoms with Gasteiger partial charge in [0.25, 0.3) is 0 Å². The fourth-order valence-corrected chi connectivity index (χ4v) is 3.77. The number of hydrogen-bond acceptors (Lipinski definition) is 5. The molecule has 30 heavy (non-hydrogen) atoms. The number of aromatic nitrogens is 5. The van der Waals surface area contributed by atoms with Crippen LogP contribution in [0.3, 0.4) is 0 Å². The second-order valence-electron chi connectivity index (χ2n) is 7.76. The lowest BCUT2D eigenvalue weighted by Gasteiger charge is -2.17. The minimum absolute atomic E-state index is 0.106. The molecular weight excluding hydrogens is 387 g/mol. The zero-order chi connectivity index (χ0) is 21.3. The van der Waals surface area contributed by atoms with Crippen molar-refractivity contribution in [3.63, 3.8) is 0 Å². The Labute approximate surface area is 174 Å². The summed E-state index contributed by atoms with van der Waals surface area (Å²) in [7, 11) is 1.90. The molecule has 9 heteroatoms. The molecule has 3 aromatic rings. The van der Waals surface area contributed by atoms with Crippen molar-refractivity contribution >= 4 is 5.91 Å². The molecule has 0 aliphatic carbocycles. The summed E-state index contributed by atoms with van der Waals surface area (Å²) in [6.07, 6.45) is 3.53. The Morgan fingerprint density at radius 1 is 1.33 bits per heavy atom. The molecule has 1 aliphatic heterocycles. The molecule has 4 rings (SSSR count).